The van der Waals surface area contributed by atoms with E-state index in [4.69, 9.17) is 10.5 Å². The highest BCUT2D eigenvalue weighted by atomic mass is 16.6. The maximum atomic E-state index is 12.1. The lowest BCUT2D eigenvalue weighted by Gasteiger charge is -2.64. The van der Waals surface area contributed by atoms with Crippen LogP contribution in [0.4, 0.5) is 4.79 Å². The average molecular weight is 507 g/mol. The molecule has 4 fully saturated rings. The molecule has 0 radical (unpaired) electrons. The molecule has 0 bridgehead atoms. The summed E-state index contributed by atoms with van der Waals surface area (Å²) >= 11 is 0. The van der Waals surface area contributed by atoms with Gasteiger partial charge in [-0.1, -0.05) is 34.1 Å². The number of hydrogen-bond donors (Lipinski definition) is 3. The molecule has 7 heteroatoms. The van der Waals surface area contributed by atoms with Crippen LogP contribution in [-0.4, -0.2) is 59.5 Å². The smallest absolute Gasteiger partial charge is 0.409 e. The molecule has 4 N–H and O–H groups in total. The van der Waals surface area contributed by atoms with Crippen LogP contribution in [0, 0.1) is 52.3 Å². The Kier molecular flexibility index (Phi) is 8.03. The van der Waals surface area contributed by atoms with Gasteiger partial charge in [0.2, 0.25) is 5.91 Å². The van der Waals surface area contributed by atoms with E-state index in [1.54, 1.807) is 0 Å². The summed E-state index contributed by atoms with van der Waals surface area (Å²) in [5.74, 6) is 2.54. The Hall–Kier alpha value is -1.34. The first-order valence-corrected chi connectivity index (χ1v) is 14.5. The molecular formula is C29H50N2O5. The van der Waals surface area contributed by atoms with Crippen LogP contribution in [0.1, 0.15) is 85.5 Å². The van der Waals surface area contributed by atoms with Crippen molar-refractivity contribution >= 4 is 12.0 Å². The summed E-state index contributed by atoms with van der Waals surface area (Å²) in [6.45, 7) is 9.67. The number of amides is 2. The molecule has 2 amide bonds. The van der Waals surface area contributed by atoms with Crippen molar-refractivity contribution in [2.45, 2.75) is 97.7 Å². The number of carbonyl (C=O) groups excluding carboxylic acids is 2. The Morgan fingerprint density at radius 2 is 1.72 bits per heavy atom. The van der Waals surface area contributed by atoms with Crippen molar-refractivity contribution in [1.29, 1.82) is 0 Å². The lowest BCUT2D eigenvalue weighted by atomic mass is 9.41. The van der Waals surface area contributed by atoms with Crippen molar-refractivity contribution < 1.29 is 24.5 Å². The quantitative estimate of drug-likeness (QED) is 0.479. The van der Waals surface area contributed by atoms with E-state index in [2.05, 4.69) is 27.7 Å². The highest BCUT2D eigenvalue weighted by molar-refractivity contribution is 5.80. The zero-order valence-corrected chi connectivity index (χ0v) is 23.1. The molecule has 0 aliphatic heterocycles. The van der Waals surface area contributed by atoms with Gasteiger partial charge in [0.05, 0.1) is 18.8 Å². The van der Waals surface area contributed by atoms with Gasteiger partial charge in [-0.25, -0.2) is 4.79 Å². The summed E-state index contributed by atoms with van der Waals surface area (Å²) in [5, 5.41) is 22.3. The number of ether oxygens (including phenoxy) is 1. The third-order valence-corrected chi connectivity index (χ3v) is 11.7. The van der Waals surface area contributed by atoms with Gasteiger partial charge in [-0.15, -0.1) is 0 Å². The maximum Gasteiger partial charge on any atom is 0.409 e. The van der Waals surface area contributed by atoms with Gasteiger partial charge in [-0.05, 0) is 104 Å². The second kappa shape index (κ2) is 10.4. The number of nitrogens with zero attached hydrogens (tertiary/aromatic N) is 1. The Balaban J connectivity index is 1.45. The molecule has 11 atom stereocenters. The minimum atomic E-state index is -0.553. The van der Waals surface area contributed by atoms with Crippen LogP contribution in [0.5, 0.6) is 0 Å². The van der Waals surface area contributed by atoms with Crippen molar-refractivity contribution in [3.63, 3.8) is 0 Å². The highest BCUT2D eigenvalue weighted by Gasteiger charge is 2.64. The Labute approximate surface area is 217 Å². The molecule has 7 nitrogen and oxygen atoms in total. The summed E-state index contributed by atoms with van der Waals surface area (Å²) in [6.07, 6.45) is 8.34. The number of nitrogens with two attached hydrogens (primary N) is 1. The number of likely N-dealkylation sites (N-methyl/N-ethyl adjacent to an activating group) is 1. The van der Waals surface area contributed by atoms with E-state index in [1.807, 2.05) is 0 Å². The monoisotopic (exact) mass is 506 g/mol. The molecule has 0 aromatic rings. The van der Waals surface area contributed by atoms with E-state index >= 15 is 0 Å². The Bertz CT molecular complexity index is 821. The van der Waals surface area contributed by atoms with E-state index in [9.17, 15) is 19.8 Å². The first kappa shape index (κ1) is 27.7. The van der Waals surface area contributed by atoms with E-state index in [0.29, 0.717) is 42.1 Å². The number of carbonyl (C=O) groups is 2. The molecule has 0 aromatic heterocycles. The molecular weight excluding hydrogens is 456 g/mol. The van der Waals surface area contributed by atoms with Crippen molar-refractivity contribution in [1.82, 2.24) is 4.90 Å². The molecule has 0 spiro atoms. The summed E-state index contributed by atoms with van der Waals surface area (Å²) in [4.78, 5) is 24.4. The number of rotatable bonds is 7. The van der Waals surface area contributed by atoms with Gasteiger partial charge in [0.25, 0.3) is 0 Å². The fourth-order valence-corrected chi connectivity index (χ4v) is 9.87. The molecule has 4 rings (SSSR count). The van der Waals surface area contributed by atoms with E-state index in [0.717, 1.165) is 32.1 Å². The third-order valence-electron chi connectivity index (χ3n) is 11.7. The zero-order valence-electron chi connectivity index (χ0n) is 23.1. The van der Waals surface area contributed by atoms with Crippen molar-refractivity contribution in [2.24, 2.45) is 58.0 Å². The predicted molar refractivity (Wildman–Crippen MR) is 139 cm³/mol. The second-order valence-corrected chi connectivity index (χ2v) is 13.3. The standard InChI is InChI=1S/C29H50N2O5/c1-6-19-23-15-18(32)9-12-29(23,4)22-10-13-28(3)20(7-8-21(28)25(22)26(19)34)17(2)11-14-36-27(35)31(5)16-24(30)33/h17-23,25-26,32,34H,6-16H2,1-5H3,(H2,30,33)/t17-,18-,19-,20-,21+,22+,23?,25+,26-,28?,29?/m1/s1. The lowest BCUT2D eigenvalue weighted by Crippen LogP contribution is -2.62. The van der Waals surface area contributed by atoms with Crippen LogP contribution < -0.4 is 5.73 Å². The molecule has 0 aromatic carbocycles. The molecule has 4 aliphatic rings. The predicted octanol–water partition coefficient (Wildman–Crippen LogP) is 4.19. The van der Waals surface area contributed by atoms with Crippen LogP contribution >= 0.6 is 0 Å². The number of fused-ring (bicyclic) bond motifs is 5. The number of hydrogen-bond acceptors (Lipinski definition) is 5. The fraction of sp³-hybridized carbons (Fsp3) is 0.931. The van der Waals surface area contributed by atoms with E-state index in [-0.39, 0.29) is 35.5 Å². The van der Waals surface area contributed by atoms with Gasteiger partial charge in [0.15, 0.2) is 0 Å². The normalized spacial score (nSPS) is 44.6. The first-order valence-electron chi connectivity index (χ1n) is 14.5. The maximum absolute atomic E-state index is 12.1. The molecule has 0 saturated heterocycles. The van der Waals surface area contributed by atoms with Gasteiger partial charge in [0.1, 0.15) is 6.54 Å². The number of primary amides is 1. The van der Waals surface area contributed by atoms with Gasteiger partial charge < -0.3 is 25.6 Å². The molecule has 36 heavy (non-hydrogen) atoms. The molecule has 206 valence electrons. The van der Waals surface area contributed by atoms with Crippen molar-refractivity contribution in [3.05, 3.63) is 0 Å². The van der Waals surface area contributed by atoms with E-state index in [1.165, 1.54) is 37.6 Å². The topological polar surface area (TPSA) is 113 Å². The van der Waals surface area contributed by atoms with Crippen molar-refractivity contribution in [3.8, 4) is 0 Å². The SMILES string of the molecule is CC[C@@H]1C2C[C@H](O)CCC2(C)[C@H]2CCC3(C)[C@@H]([C@H](C)CCOC(=O)N(C)CC(N)=O)CC[C@H]3[C@@H]2[C@@H]1O. The highest BCUT2D eigenvalue weighted by Crippen LogP contribution is 2.69. The van der Waals surface area contributed by atoms with Crippen LogP contribution in [-0.2, 0) is 9.53 Å². The average Bonchev–Trinajstić information content (AvgIpc) is 3.17. The number of aliphatic hydroxyl groups excluding tert-OH is 2. The summed E-state index contributed by atoms with van der Waals surface area (Å²) in [6, 6.07) is 0. The molecule has 4 saturated carbocycles. The van der Waals surface area contributed by atoms with Crippen LogP contribution in [0.25, 0.3) is 0 Å². The number of aliphatic hydroxyl groups is 2. The van der Waals surface area contributed by atoms with Gasteiger partial charge in [0, 0.05) is 7.05 Å². The lowest BCUT2D eigenvalue weighted by molar-refractivity contribution is -0.203. The fourth-order valence-electron chi connectivity index (χ4n) is 9.87. The molecule has 4 aliphatic carbocycles. The van der Waals surface area contributed by atoms with Crippen LogP contribution in [0.15, 0.2) is 0 Å². The third kappa shape index (κ3) is 4.68. The van der Waals surface area contributed by atoms with Gasteiger partial charge in [-0.3, -0.25) is 4.79 Å². The summed E-state index contributed by atoms with van der Waals surface area (Å²) < 4.78 is 5.44. The van der Waals surface area contributed by atoms with Crippen LogP contribution in [0.3, 0.4) is 0 Å². The minimum absolute atomic E-state index is 0.140. The van der Waals surface area contributed by atoms with Gasteiger partial charge in [-0.2, -0.15) is 0 Å². The molecule has 0 heterocycles. The summed E-state index contributed by atoms with van der Waals surface area (Å²) in [7, 11) is 1.52. The van der Waals surface area contributed by atoms with Crippen molar-refractivity contribution in [2.75, 3.05) is 20.2 Å². The first-order chi connectivity index (χ1) is 16.9. The van der Waals surface area contributed by atoms with Gasteiger partial charge >= 0.3 is 6.09 Å². The van der Waals surface area contributed by atoms with Crippen LogP contribution in [0.2, 0.25) is 0 Å². The Morgan fingerprint density at radius 1 is 1.06 bits per heavy atom. The summed E-state index contributed by atoms with van der Waals surface area (Å²) in [5.41, 5.74) is 5.60. The van der Waals surface area contributed by atoms with E-state index < -0.39 is 12.0 Å². The Morgan fingerprint density at radius 3 is 2.39 bits per heavy atom. The largest absolute Gasteiger partial charge is 0.449 e. The second-order valence-electron chi connectivity index (χ2n) is 13.3. The zero-order chi connectivity index (χ0) is 26.4. The molecule has 3 unspecified atom stereocenters. The minimum Gasteiger partial charge on any atom is -0.449 e.